The Kier molecular flexibility index (Phi) is 4.42. The summed E-state index contributed by atoms with van der Waals surface area (Å²) in [5.41, 5.74) is 1.08. The molecule has 3 nitrogen and oxygen atoms in total. The molecule has 0 unspecified atom stereocenters. The van der Waals surface area contributed by atoms with Gasteiger partial charge in [-0.15, -0.1) is 0 Å². The number of anilines is 1. The fraction of sp³-hybridized carbons (Fsp3) is 0.600. The number of hydrogen-bond donors (Lipinski definition) is 2. The number of nitrogens with one attached hydrogen (secondary N) is 1. The SMILES string of the molecule is CCNCc1cccc(F)c1N1CCC(C)(O)CC1. The van der Waals surface area contributed by atoms with Crippen LogP contribution in [0.15, 0.2) is 18.2 Å². The largest absolute Gasteiger partial charge is 0.390 e. The maximum Gasteiger partial charge on any atom is 0.146 e. The molecule has 1 aliphatic rings. The number of hydrogen-bond acceptors (Lipinski definition) is 3. The first-order valence-corrected chi connectivity index (χ1v) is 6.99. The van der Waals surface area contributed by atoms with Crippen molar-refractivity contribution in [2.24, 2.45) is 0 Å². The monoisotopic (exact) mass is 266 g/mol. The van der Waals surface area contributed by atoms with Gasteiger partial charge in [-0.1, -0.05) is 19.1 Å². The Morgan fingerprint density at radius 2 is 2.05 bits per heavy atom. The van der Waals surface area contributed by atoms with Crippen LogP contribution in [0.3, 0.4) is 0 Å². The van der Waals surface area contributed by atoms with E-state index in [4.69, 9.17) is 0 Å². The molecule has 0 amide bonds. The lowest BCUT2D eigenvalue weighted by molar-refractivity contribution is 0.0350. The van der Waals surface area contributed by atoms with Crippen LogP contribution in [0.25, 0.3) is 0 Å². The van der Waals surface area contributed by atoms with Crippen molar-refractivity contribution in [3.8, 4) is 0 Å². The fourth-order valence-corrected chi connectivity index (χ4v) is 2.53. The van der Waals surface area contributed by atoms with Crippen molar-refractivity contribution in [1.82, 2.24) is 5.32 Å². The maximum atomic E-state index is 14.1. The molecular weight excluding hydrogens is 243 g/mol. The van der Waals surface area contributed by atoms with Crippen molar-refractivity contribution >= 4 is 5.69 Å². The molecule has 0 spiro atoms. The fourth-order valence-electron chi connectivity index (χ4n) is 2.53. The third-order valence-corrected chi connectivity index (χ3v) is 3.79. The van der Waals surface area contributed by atoms with Gasteiger partial charge < -0.3 is 15.3 Å². The Labute approximate surface area is 114 Å². The minimum absolute atomic E-state index is 0.169. The van der Waals surface area contributed by atoms with E-state index in [9.17, 15) is 9.50 Å². The van der Waals surface area contributed by atoms with Gasteiger partial charge in [0.25, 0.3) is 0 Å². The van der Waals surface area contributed by atoms with Crippen LogP contribution in [0.2, 0.25) is 0 Å². The highest BCUT2D eigenvalue weighted by Gasteiger charge is 2.29. The Balaban J connectivity index is 2.19. The smallest absolute Gasteiger partial charge is 0.146 e. The van der Waals surface area contributed by atoms with Crippen LogP contribution in [0.4, 0.5) is 10.1 Å². The molecule has 19 heavy (non-hydrogen) atoms. The molecule has 0 aromatic heterocycles. The van der Waals surface area contributed by atoms with Crippen LogP contribution in [0.1, 0.15) is 32.3 Å². The van der Waals surface area contributed by atoms with Gasteiger partial charge in [-0.2, -0.15) is 0 Å². The highest BCUT2D eigenvalue weighted by molar-refractivity contribution is 5.55. The molecule has 2 rings (SSSR count). The first-order chi connectivity index (χ1) is 9.03. The summed E-state index contributed by atoms with van der Waals surface area (Å²) in [6.07, 6.45) is 1.37. The molecule has 106 valence electrons. The van der Waals surface area contributed by atoms with Gasteiger partial charge in [0.15, 0.2) is 0 Å². The van der Waals surface area contributed by atoms with E-state index < -0.39 is 5.60 Å². The van der Waals surface area contributed by atoms with E-state index in [2.05, 4.69) is 10.2 Å². The second kappa shape index (κ2) is 5.88. The van der Waals surface area contributed by atoms with Crippen molar-refractivity contribution < 1.29 is 9.50 Å². The molecule has 1 aromatic rings. The van der Waals surface area contributed by atoms with Gasteiger partial charge in [0.1, 0.15) is 5.82 Å². The molecule has 0 atom stereocenters. The number of nitrogens with zero attached hydrogens (tertiary/aromatic N) is 1. The highest BCUT2D eigenvalue weighted by Crippen LogP contribution is 2.30. The molecule has 1 fully saturated rings. The zero-order valence-electron chi connectivity index (χ0n) is 11.7. The van der Waals surface area contributed by atoms with Crippen molar-refractivity contribution in [1.29, 1.82) is 0 Å². The summed E-state index contributed by atoms with van der Waals surface area (Å²) in [5.74, 6) is -0.169. The predicted octanol–water partition coefficient (Wildman–Crippen LogP) is 2.29. The second-order valence-corrected chi connectivity index (χ2v) is 5.51. The van der Waals surface area contributed by atoms with Gasteiger partial charge in [-0.3, -0.25) is 0 Å². The topological polar surface area (TPSA) is 35.5 Å². The normalized spacial score (nSPS) is 18.6. The maximum absolute atomic E-state index is 14.1. The summed E-state index contributed by atoms with van der Waals surface area (Å²) >= 11 is 0. The van der Waals surface area contributed by atoms with E-state index in [1.54, 1.807) is 6.07 Å². The van der Waals surface area contributed by atoms with Crippen LogP contribution in [-0.2, 0) is 6.54 Å². The lowest BCUT2D eigenvalue weighted by Crippen LogP contribution is -2.43. The average molecular weight is 266 g/mol. The molecule has 0 radical (unpaired) electrons. The number of aliphatic hydroxyl groups is 1. The zero-order chi connectivity index (χ0) is 13.9. The lowest BCUT2D eigenvalue weighted by Gasteiger charge is -2.38. The van der Waals surface area contributed by atoms with E-state index in [0.717, 1.165) is 12.1 Å². The average Bonchev–Trinajstić information content (AvgIpc) is 2.37. The first-order valence-electron chi connectivity index (χ1n) is 6.99. The molecule has 0 bridgehead atoms. The van der Waals surface area contributed by atoms with Gasteiger partial charge in [-0.05, 0) is 37.9 Å². The van der Waals surface area contributed by atoms with Crippen molar-refractivity contribution in [3.63, 3.8) is 0 Å². The van der Waals surface area contributed by atoms with Gasteiger partial charge >= 0.3 is 0 Å². The van der Waals surface area contributed by atoms with Crippen molar-refractivity contribution in [2.75, 3.05) is 24.5 Å². The second-order valence-electron chi connectivity index (χ2n) is 5.51. The van der Waals surface area contributed by atoms with Gasteiger partial charge in [0, 0.05) is 19.6 Å². The van der Waals surface area contributed by atoms with E-state index in [0.29, 0.717) is 38.2 Å². The number of halogens is 1. The molecule has 1 heterocycles. The predicted molar refractivity (Wildman–Crippen MR) is 75.9 cm³/mol. The minimum Gasteiger partial charge on any atom is -0.390 e. The van der Waals surface area contributed by atoms with Crippen LogP contribution >= 0.6 is 0 Å². The minimum atomic E-state index is -0.608. The Morgan fingerprint density at radius 1 is 1.37 bits per heavy atom. The van der Waals surface area contributed by atoms with Crippen LogP contribution in [0, 0.1) is 5.82 Å². The lowest BCUT2D eigenvalue weighted by atomic mass is 9.93. The summed E-state index contributed by atoms with van der Waals surface area (Å²) in [4.78, 5) is 2.06. The Bertz CT molecular complexity index is 424. The van der Waals surface area contributed by atoms with E-state index in [-0.39, 0.29) is 5.82 Å². The van der Waals surface area contributed by atoms with Gasteiger partial charge in [-0.25, -0.2) is 4.39 Å². The number of para-hydroxylation sites is 1. The summed E-state index contributed by atoms with van der Waals surface area (Å²) < 4.78 is 14.1. The zero-order valence-corrected chi connectivity index (χ0v) is 11.7. The molecule has 1 aromatic carbocycles. The third-order valence-electron chi connectivity index (χ3n) is 3.79. The quantitative estimate of drug-likeness (QED) is 0.877. The molecule has 4 heteroatoms. The molecule has 1 saturated heterocycles. The number of piperidine rings is 1. The Hall–Kier alpha value is -1.13. The molecule has 0 saturated carbocycles. The van der Waals surface area contributed by atoms with E-state index in [1.165, 1.54) is 6.07 Å². The standard InChI is InChI=1S/C15H23FN2O/c1-3-17-11-12-5-4-6-13(16)14(12)18-9-7-15(2,19)8-10-18/h4-6,17,19H,3,7-11H2,1-2H3. The van der Waals surface area contributed by atoms with Gasteiger partial charge in [0.2, 0.25) is 0 Å². The number of rotatable bonds is 4. The van der Waals surface area contributed by atoms with Crippen LogP contribution in [0.5, 0.6) is 0 Å². The molecule has 1 aliphatic heterocycles. The summed E-state index contributed by atoms with van der Waals surface area (Å²) in [5, 5.41) is 13.2. The summed E-state index contributed by atoms with van der Waals surface area (Å²) in [7, 11) is 0. The first kappa shape index (κ1) is 14.3. The third kappa shape index (κ3) is 3.45. The van der Waals surface area contributed by atoms with Crippen molar-refractivity contribution in [3.05, 3.63) is 29.6 Å². The van der Waals surface area contributed by atoms with E-state index in [1.807, 2.05) is 19.9 Å². The molecule has 2 N–H and O–H groups in total. The van der Waals surface area contributed by atoms with Crippen molar-refractivity contribution in [2.45, 2.75) is 38.8 Å². The number of benzene rings is 1. The highest BCUT2D eigenvalue weighted by atomic mass is 19.1. The van der Waals surface area contributed by atoms with Gasteiger partial charge in [0.05, 0.1) is 11.3 Å². The summed E-state index contributed by atoms with van der Waals surface area (Å²) in [6, 6.07) is 5.23. The van der Waals surface area contributed by atoms with Crippen LogP contribution < -0.4 is 10.2 Å². The molecule has 0 aliphatic carbocycles. The van der Waals surface area contributed by atoms with E-state index >= 15 is 0 Å². The Morgan fingerprint density at radius 3 is 2.68 bits per heavy atom. The van der Waals surface area contributed by atoms with Crippen LogP contribution in [-0.4, -0.2) is 30.3 Å². The molecular formula is C15H23FN2O. The summed E-state index contributed by atoms with van der Waals surface area (Å²) in [6.45, 7) is 6.84.